The van der Waals surface area contributed by atoms with Gasteiger partial charge in [0.2, 0.25) is 0 Å². The Morgan fingerprint density at radius 3 is 2.31 bits per heavy atom. The largest absolute Gasteiger partial charge is 0.459 e. The summed E-state index contributed by atoms with van der Waals surface area (Å²) in [6.45, 7) is 0. The molecular formula is C16H14F5N7O3S. The van der Waals surface area contributed by atoms with Crippen LogP contribution in [0.5, 0.6) is 0 Å². The Kier molecular flexibility index (Phi) is 5.53. The molecule has 3 rings (SSSR count). The molecule has 0 unspecified atom stereocenters. The number of pyridine rings is 1. The van der Waals surface area contributed by atoms with Gasteiger partial charge in [-0.25, -0.2) is 23.2 Å². The van der Waals surface area contributed by atoms with E-state index in [1.54, 1.807) is 0 Å². The molecule has 3 heterocycles. The first-order chi connectivity index (χ1) is 14.7. The number of rotatable bonds is 4. The number of carbonyl (C=O) groups excluding carboxylic acids is 1. The predicted molar refractivity (Wildman–Crippen MR) is 101 cm³/mol. The summed E-state index contributed by atoms with van der Waals surface area (Å²) in [6, 6.07) is 2.09. The molecule has 32 heavy (non-hydrogen) atoms. The van der Waals surface area contributed by atoms with Crippen molar-refractivity contribution in [2.45, 2.75) is 17.0 Å². The van der Waals surface area contributed by atoms with Gasteiger partial charge in [0.25, 0.3) is 0 Å². The lowest BCUT2D eigenvalue weighted by Crippen LogP contribution is -2.34. The standard InChI is InChI=1S/C16H14F5N7O3S/c1-22-14(29)25-10-5-4-8(32(3,30)31)11(24-10)13-23-7-6-9(15(17,18)16(19,20)21)26-27-12(7)28(13)2/h4-6H,1-3H3,(H2,22,24,25,29). The number of carbonyl (C=O) groups is 1. The molecule has 2 amide bonds. The minimum atomic E-state index is -5.90. The molecule has 172 valence electrons. The van der Waals surface area contributed by atoms with E-state index in [0.717, 1.165) is 16.9 Å². The first kappa shape index (κ1) is 23.2. The minimum Gasteiger partial charge on any atom is -0.341 e. The zero-order chi connectivity index (χ0) is 24.1. The number of halogens is 5. The van der Waals surface area contributed by atoms with Crippen molar-refractivity contribution < 1.29 is 35.2 Å². The highest BCUT2D eigenvalue weighted by Gasteiger charge is 2.60. The number of amides is 2. The second-order valence-electron chi connectivity index (χ2n) is 6.52. The van der Waals surface area contributed by atoms with E-state index in [-0.39, 0.29) is 27.9 Å². The summed E-state index contributed by atoms with van der Waals surface area (Å²) >= 11 is 0. The molecule has 3 aromatic heterocycles. The van der Waals surface area contributed by atoms with Crippen molar-refractivity contribution in [3.63, 3.8) is 0 Å². The molecule has 0 saturated heterocycles. The molecule has 0 aliphatic heterocycles. The number of nitrogens with one attached hydrogen (secondary N) is 2. The third-order valence-corrected chi connectivity index (χ3v) is 5.36. The number of aromatic nitrogens is 5. The molecule has 0 atom stereocenters. The molecular weight excluding hydrogens is 465 g/mol. The second kappa shape index (κ2) is 7.61. The fourth-order valence-electron chi connectivity index (χ4n) is 2.65. The highest BCUT2D eigenvalue weighted by atomic mass is 32.2. The van der Waals surface area contributed by atoms with Crippen LogP contribution in [0.25, 0.3) is 22.7 Å². The number of imidazole rings is 1. The van der Waals surface area contributed by atoms with Crippen LogP contribution in [0.2, 0.25) is 0 Å². The van der Waals surface area contributed by atoms with Crippen molar-refractivity contribution in [2.75, 3.05) is 18.6 Å². The Morgan fingerprint density at radius 1 is 1.09 bits per heavy atom. The number of urea groups is 1. The van der Waals surface area contributed by atoms with Crippen LogP contribution in [-0.4, -0.2) is 58.7 Å². The summed E-state index contributed by atoms with van der Waals surface area (Å²) < 4.78 is 90.9. The zero-order valence-electron chi connectivity index (χ0n) is 16.5. The van der Waals surface area contributed by atoms with Gasteiger partial charge in [0.05, 0.1) is 4.90 Å². The number of hydrogen-bond acceptors (Lipinski definition) is 7. The van der Waals surface area contributed by atoms with Gasteiger partial charge in [0, 0.05) is 20.4 Å². The lowest BCUT2D eigenvalue weighted by Gasteiger charge is -2.17. The van der Waals surface area contributed by atoms with Crippen molar-refractivity contribution in [1.82, 2.24) is 30.0 Å². The van der Waals surface area contributed by atoms with E-state index in [1.807, 2.05) is 0 Å². The highest BCUT2D eigenvalue weighted by Crippen LogP contribution is 2.43. The molecule has 0 aromatic carbocycles. The minimum absolute atomic E-state index is 0.0748. The molecule has 2 N–H and O–H groups in total. The van der Waals surface area contributed by atoms with Gasteiger partial charge in [-0.3, -0.25) is 5.32 Å². The summed E-state index contributed by atoms with van der Waals surface area (Å²) in [5, 5.41) is 11.0. The van der Waals surface area contributed by atoms with Crippen LogP contribution in [0.4, 0.5) is 32.6 Å². The topological polar surface area (TPSA) is 132 Å². The maximum atomic E-state index is 13.6. The second-order valence-corrected chi connectivity index (χ2v) is 8.51. The maximum Gasteiger partial charge on any atom is 0.459 e. The van der Waals surface area contributed by atoms with E-state index in [2.05, 4.69) is 30.8 Å². The summed E-state index contributed by atoms with van der Waals surface area (Å²) in [7, 11) is -1.24. The van der Waals surface area contributed by atoms with Gasteiger partial charge in [-0.1, -0.05) is 0 Å². The third kappa shape index (κ3) is 4.04. The van der Waals surface area contributed by atoms with Crippen molar-refractivity contribution in [3.05, 3.63) is 23.9 Å². The van der Waals surface area contributed by atoms with Gasteiger partial charge in [0.15, 0.2) is 21.3 Å². The van der Waals surface area contributed by atoms with Crippen LogP contribution in [0.3, 0.4) is 0 Å². The predicted octanol–water partition coefficient (Wildman–Crippen LogP) is 2.23. The SMILES string of the molecule is CNC(=O)Nc1ccc(S(C)(=O)=O)c(-c2nc3cc(C(F)(F)C(F)(F)F)nnc3n2C)n1. The van der Waals surface area contributed by atoms with E-state index in [1.165, 1.54) is 20.2 Å². The number of anilines is 1. The van der Waals surface area contributed by atoms with Crippen LogP contribution in [0.15, 0.2) is 23.1 Å². The Hall–Kier alpha value is -3.43. The van der Waals surface area contributed by atoms with Crippen molar-refractivity contribution in [3.8, 4) is 11.5 Å². The van der Waals surface area contributed by atoms with E-state index in [4.69, 9.17) is 0 Å². The third-order valence-electron chi connectivity index (χ3n) is 4.23. The molecule has 3 aromatic rings. The fraction of sp³-hybridized carbons (Fsp3) is 0.312. The number of fused-ring (bicyclic) bond motifs is 1. The molecule has 0 saturated carbocycles. The fourth-order valence-corrected chi connectivity index (χ4v) is 3.45. The monoisotopic (exact) mass is 479 g/mol. The van der Waals surface area contributed by atoms with Crippen LogP contribution in [0, 0.1) is 0 Å². The van der Waals surface area contributed by atoms with Crippen LogP contribution in [-0.2, 0) is 22.8 Å². The van der Waals surface area contributed by atoms with E-state index in [0.29, 0.717) is 6.07 Å². The van der Waals surface area contributed by atoms with Gasteiger partial charge in [-0.2, -0.15) is 22.0 Å². The molecule has 0 fully saturated rings. The number of hydrogen-bond donors (Lipinski definition) is 2. The molecule has 0 bridgehead atoms. The van der Waals surface area contributed by atoms with Crippen molar-refractivity contribution in [1.29, 1.82) is 0 Å². The molecule has 16 heteroatoms. The Labute approximate surface area is 176 Å². The zero-order valence-corrected chi connectivity index (χ0v) is 17.3. The van der Waals surface area contributed by atoms with E-state index in [9.17, 15) is 35.2 Å². The van der Waals surface area contributed by atoms with E-state index >= 15 is 0 Å². The number of aryl methyl sites for hydroxylation is 1. The van der Waals surface area contributed by atoms with Gasteiger partial charge in [-0.05, 0) is 18.2 Å². The summed E-state index contributed by atoms with van der Waals surface area (Å²) in [6.07, 6.45) is -5.03. The van der Waals surface area contributed by atoms with Crippen LogP contribution >= 0.6 is 0 Å². The first-order valence-electron chi connectivity index (χ1n) is 8.52. The molecule has 10 nitrogen and oxygen atoms in total. The Morgan fingerprint density at radius 2 is 1.75 bits per heavy atom. The number of alkyl halides is 5. The average Bonchev–Trinajstić information content (AvgIpc) is 3.02. The molecule has 0 aliphatic rings. The van der Waals surface area contributed by atoms with Gasteiger partial charge < -0.3 is 9.88 Å². The van der Waals surface area contributed by atoms with Crippen molar-refractivity contribution >= 4 is 32.9 Å². The van der Waals surface area contributed by atoms with Crippen LogP contribution < -0.4 is 10.6 Å². The number of sulfone groups is 1. The molecule has 0 aliphatic carbocycles. The Balaban J connectivity index is 2.24. The van der Waals surface area contributed by atoms with Crippen molar-refractivity contribution in [2.24, 2.45) is 7.05 Å². The van der Waals surface area contributed by atoms with Crippen LogP contribution in [0.1, 0.15) is 5.69 Å². The van der Waals surface area contributed by atoms with Gasteiger partial charge in [-0.15, -0.1) is 10.2 Å². The lowest BCUT2D eigenvalue weighted by molar-refractivity contribution is -0.291. The summed E-state index contributed by atoms with van der Waals surface area (Å²) in [5.41, 5.74) is -2.56. The summed E-state index contributed by atoms with van der Waals surface area (Å²) in [4.78, 5) is 19.2. The van der Waals surface area contributed by atoms with E-state index < -0.39 is 39.2 Å². The molecule has 0 radical (unpaired) electrons. The smallest absolute Gasteiger partial charge is 0.341 e. The van der Waals surface area contributed by atoms with Gasteiger partial charge >= 0.3 is 18.1 Å². The normalized spacial score (nSPS) is 12.8. The Bertz CT molecular complexity index is 1320. The molecule has 0 spiro atoms. The first-order valence-corrected chi connectivity index (χ1v) is 10.4. The maximum absolute atomic E-state index is 13.6. The van der Waals surface area contributed by atoms with Gasteiger partial charge in [0.1, 0.15) is 22.7 Å². The number of nitrogens with zero attached hydrogens (tertiary/aromatic N) is 5. The highest BCUT2D eigenvalue weighted by molar-refractivity contribution is 7.90. The quantitative estimate of drug-likeness (QED) is 0.549. The average molecular weight is 479 g/mol. The summed E-state index contributed by atoms with van der Waals surface area (Å²) in [5.74, 6) is -5.57. The lowest BCUT2D eigenvalue weighted by atomic mass is 10.2.